The van der Waals surface area contributed by atoms with E-state index in [2.05, 4.69) is 24.5 Å². The SMILES string of the molecule is CC1CCC(NC(=O)NC(=O)CCCC(=O)O)C1C. The molecule has 3 N–H and O–H groups in total. The largest absolute Gasteiger partial charge is 0.481 e. The molecule has 0 bridgehead atoms. The summed E-state index contributed by atoms with van der Waals surface area (Å²) in [4.78, 5) is 33.3. The molecule has 3 atom stereocenters. The fourth-order valence-corrected chi connectivity index (χ4v) is 2.36. The van der Waals surface area contributed by atoms with E-state index >= 15 is 0 Å². The highest BCUT2D eigenvalue weighted by Gasteiger charge is 2.30. The van der Waals surface area contributed by atoms with E-state index in [1.807, 2.05) is 0 Å². The smallest absolute Gasteiger partial charge is 0.321 e. The molecule has 6 nitrogen and oxygen atoms in total. The minimum atomic E-state index is -0.939. The van der Waals surface area contributed by atoms with Crippen molar-refractivity contribution < 1.29 is 19.5 Å². The minimum absolute atomic E-state index is 0.0519. The van der Waals surface area contributed by atoms with E-state index in [0.29, 0.717) is 11.8 Å². The zero-order valence-corrected chi connectivity index (χ0v) is 11.4. The van der Waals surface area contributed by atoms with Crippen LogP contribution in [0.4, 0.5) is 4.79 Å². The monoisotopic (exact) mass is 270 g/mol. The highest BCUT2D eigenvalue weighted by atomic mass is 16.4. The number of aliphatic carboxylic acids is 1. The molecule has 0 radical (unpaired) electrons. The Kier molecular flexibility index (Phi) is 5.79. The Bertz CT molecular complexity index is 357. The van der Waals surface area contributed by atoms with Crippen LogP contribution in [0.5, 0.6) is 0 Å². The lowest BCUT2D eigenvalue weighted by atomic mass is 9.98. The molecule has 0 aliphatic heterocycles. The molecule has 0 spiro atoms. The van der Waals surface area contributed by atoms with Crippen LogP contribution in [0.3, 0.4) is 0 Å². The Hall–Kier alpha value is -1.59. The lowest BCUT2D eigenvalue weighted by molar-refractivity contribution is -0.137. The van der Waals surface area contributed by atoms with Gasteiger partial charge in [-0.15, -0.1) is 0 Å². The van der Waals surface area contributed by atoms with Crippen LogP contribution in [0, 0.1) is 11.8 Å². The molecule has 108 valence electrons. The van der Waals surface area contributed by atoms with Crippen molar-refractivity contribution in [3.63, 3.8) is 0 Å². The molecule has 3 unspecified atom stereocenters. The second-order valence-electron chi connectivity index (χ2n) is 5.29. The average molecular weight is 270 g/mol. The molecular weight excluding hydrogens is 248 g/mol. The van der Waals surface area contributed by atoms with Crippen molar-refractivity contribution in [2.45, 2.75) is 52.0 Å². The standard InChI is InChI=1S/C13H22N2O4/c1-8-6-7-10(9(8)2)14-13(19)15-11(16)4-3-5-12(17)18/h8-10H,3-7H2,1-2H3,(H,17,18)(H2,14,15,16,19). The van der Waals surface area contributed by atoms with Gasteiger partial charge in [0.05, 0.1) is 0 Å². The van der Waals surface area contributed by atoms with Crippen LogP contribution < -0.4 is 10.6 Å². The third kappa shape index (κ3) is 5.28. The Morgan fingerprint density at radius 2 is 1.84 bits per heavy atom. The van der Waals surface area contributed by atoms with Gasteiger partial charge in [0.2, 0.25) is 5.91 Å². The Morgan fingerprint density at radius 1 is 1.16 bits per heavy atom. The van der Waals surface area contributed by atoms with Crippen LogP contribution >= 0.6 is 0 Å². The van der Waals surface area contributed by atoms with Gasteiger partial charge in [0.1, 0.15) is 0 Å². The van der Waals surface area contributed by atoms with E-state index in [1.165, 1.54) is 0 Å². The van der Waals surface area contributed by atoms with E-state index in [1.54, 1.807) is 0 Å². The molecule has 1 aliphatic carbocycles. The molecule has 0 aromatic carbocycles. The van der Waals surface area contributed by atoms with Crippen molar-refractivity contribution in [1.29, 1.82) is 0 Å². The van der Waals surface area contributed by atoms with Gasteiger partial charge in [-0.2, -0.15) is 0 Å². The van der Waals surface area contributed by atoms with Gasteiger partial charge in [-0.1, -0.05) is 13.8 Å². The summed E-state index contributed by atoms with van der Waals surface area (Å²) < 4.78 is 0. The lowest BCUT2D eigenvalue weighted by Gasteiger charge is -2.19. The summed E-state index contributed by atoms with van der Waals surface area (Å²) in [6.07, 6.45) is 2.25. The number of hydrogen-bond acceptors (Lipinski definition) is 3. The van der Waals surface area contributed by atoms with Crippen molar-refractivity contribution in [3.05, 3.63) is 0 Å². The molecule has 0 heterocycles. The van der Waals surface area contributed by atoms with Gasteiger partial charge in [0, 0.05) is 18.9 Å². The van der Waals surface area contributed by atoms with Crippen molar-refractivity contribution in [2.24, 2.45) is 11.8 Å². The normalized spacial score (nSPS) is 25.9. The number of rotatable bonds is 5. The summed E-state index contributed by atoms with van der Waals surface area (Å²) in [7, 11) is 0. The molecule has 0 aromatic heterocycles. The maximum absolute atomic E-state index is 11.6. The molecule has 3 amide bonds. The summed E-state index contributed by atoms with van der Waals surface area (Å²) in [5.74, 6) is -0.382. The average Bonchev–Trinajstić information content (AvgIpc) is 2.60. The van der Waals surface area contributed by atoms with Crippen molar-refractivity contribution in [3.8, 4) is 0 Å². The maximum atomic E-state index is 11.6. The topological polar surface area (TPSA) is 95.5 Å². The van der Waals surface area contributed by atoms with E-state index < -0.39 is 17.9 Å². The Morgan fingerprint density at radius 3 is 2.37 bits per heavy atom. The number of amides is 3. The number of urea groups is 1. The molecule has 0 aromatic rings. The van der Waals surface area contributed by atoms with Gasteiger partial charge in [0.15, 0.2) is 0 Å². The Labute approximate surface area is 112 Å². The van der Waals surface area contributed by atoms with E-state index in [-0.39, 0.29) is 25.3 Å². The number of carboxylic acid groups (broad SMARTS) is 1. The Balaban J connectivity index is 2.23. The van der Waals surface area contributed by atoms with Gasteiger partial charge in [-0.3, -0.25) is 14.9 Å². The van der Waals surface area contributed by atoms with Crippen LogP contribution in [0.25, 0.3) is 0 Å². The number of carboxylic acids is 1. The lowest BCUT2D eigenvalue weighted by Crippen LogP contribution is -2.45. The minimum Gasteiger partial charge on any atom is -0.481 e. The van der Waals surface area contributed by atoms with Crippen molar-refractivity contribution in [1.82, 2.24) is 10.6 Å². The zero-order valence-electron chi connectivity index (χ0n) is 11.4. The molecule has 6 heteroatoms. The van der Waals surface area contributed by atoms with Crippen molar-refractivity contribution in [2.75, 3.05) is 0 Å². The fraction of sp³-hybridized carbons (Fsp3) is 0.769. The summed E-state index contributed by atoms with van der Waals surface area (Å²) >= 11 is 0. The first-order valence-corrected chi connectivity index (χ1v) is 6.72. The highest BCUT2D eigenvalue weighted by molar-refractivity contribution is 5.94. The molecule has 1 aliphatic rings. The maximum Gasteiger partial charge on any atom is 0.321 e. The first-order valence-electron chi connectivity index (χ1n) is 6.72. The highest BCUT2D eigenvalue weighted by Crippen LogP contribution is 2.30. The van der Waals surface area contributed by atoms with Gasteiger partial charge in [-0.05, 0) is 31.1 Å². The summed E-state index contributed by atoms with van der Waals surface area (Å²) in [6.45, 7) is 4.25. The van der Waals surface area contributed by atoms with Gasteiger partial charge in [0.25, 0.3) is 0 Å². The number of imide groups is 1. The quantitative estimate of drug-likeness (QED) is 0.705. The second kappa shape index (κ2) is 7.11. The first kappa shape index (κ1) is 15.5. The van der Waals surface area contributed by atoms with Gasteiger partial charge < -0.3 is 10.4 Å². The molecule has 1 rings (SSSR count). The van der Waals surface area contributed by atoms with Gasteiger partial charge >= 0.3 is 12.0 Å². The van der Waals surface area contributed by atoms with Crippen LogP contribution in [-0.2, 0) is 9.59 Å². The summed E-state index contributed by atoms with van der Waals surface area (Å²) in [5.41, 5.74) is 0. The molecule has 1 saturated carbocycles. The zero-order chi connectivity index (χ0) is 14.4. The van der Waals surface area contributed by atoms with E-state index in [9.17, 15) is 14.4 Å². The molecule has 19 heavy (non-hydrogen) atoms. The van der Waals surface area contributed by atoms with Crippen LogP contribution in [0.15, 0.2) is 0 Å². The predicted molar refractivity (Wildman–Crippen MR) is 69.5 cm³/mol. The number of nitrogens with one attached hydrogen (secondary N) is 2. The van der Waals surface area contributed by atoms with Gasteiger partial charge in [-0.25, -0.2) is 4.79 Å². The fourth-order valence-electron chi connectivity index (χ4n) is 2.36. The number of hydrogen-bond donors (Lipinski definition) is 3. The summed E-state index contributed by atoms with van der Waals surface area (Å²) in [5, 5.41) is 13.5. The number of carbonyl (C=O) groups excluding carboxylic acids is 2. The predicted octanol–water partition coefficient (Wildman–Crippen LogP) is 1.50. The third-order valence-electron chi connectivity index (χ3n) is 3.83. The molecule has 1 fully saturated rings. The molecular formula is C13H22N2O4. The second-order valence-corrected chi connectivity index (χ2v) is 5.29. The van der Waals surface area contributed by atoms with Crippen LogP contribution in [0.1, 0.15) is 46.0 Å². The van der Waals surface area contributed by atoms with E-state index in [4.69, 9.17) is 5.11 Å². The molecule has 0 saturated heterocycles. The van der Waals surface area contributed by atoms with E-state index in [0.717, 1.165) is 12.8 Å². The summed E-state index contributed by atoms with van der Waals surface area (Å²) in [6, 6.07) is -0.368. The first-order chi connectivity index (χ1) is 8.90. The van der Waals surface area contributed by atoms with Crippen LogP contribution in [0.2, 0.25) is 0 Å². The van der Waals surface area contributed by atoms with Crippen molar-refractivity contribution >= 4 is 17.9 Å². The number of carbonyl (C=O) groups is 3. The van der Waals surface area contributed by atoms with Crippen LogP contribution in [-0.4, -0.2) is 29.1 Å². The third-order valence-corrected chi connectivity index (χ3v) is 3.83.